The zero-order valence-corrected chi connectivity index (χ0v) is 25.7. The average molecular weight is 603 g/mol. The Balaban J connectivity index is 1.25. The van der Waals surface area contributed by atoms with Crippen molar-refractivity contribution in [3.8, 4) is 5.75 Å². The molecule has 4 aromatic carbocycles. The van der Waals surface area contributed by atoms with Crippen LogP contribution in [0.4, 0.5) is 0 Å². The molecule has 2 aliphatic heterocycles. The minimum absolute atomic E-state index is 0.0456. The number of amides is 1. The summed E-state index contributed by atoms with van der Waals surface area (Å²) in [6.07, 6.45) is 0. The lowest BCUT2D eigenvalue weighted by Gasteiger charge is -2.49. The summed E-state index contributed by atoms with van der Waals surface area (Å²) in [5.41, 5.74) is 3.53. The van der Waals surface area contributed by atoms with Crippen molar-refractivity contribution in [1.29, 1.82) is 0 Å². The highest BCUT2D eigenvalue weighted by molar-refractivity contribution is 8.01. The Morgan fingerprint density at radius 1 is 0.841 bits per heavy atom. The fourth-order valence-corrected chi connectivity index (χ4v) is 8.27. The molecule has 2 aliphatic rings. The summed E-state index contributed by atoms with van der Waals surface area (Å²) in [7, 11) is 1.65. The van der Waals surface area contributed by atoms with Gasteiger partial charge in [0.15, 0.2) is 5.82 Å². The second-order valence-corrected chi connectivity index (χ2v) is 13.5. The number of nitrogens with zero attached hydrogens (tertiary/aromatic N) is 5. The van der Waals surface area contributed by atoms with Gasteiger partial charge in [-0.2, -0.15) is 0 Å². The number of carbonyl (C=O) groups is 1. The minimum atomic E-state index is -0.741. The zero-order valence-electron chi connectivity index (χ0n) is 24.9. The molecule has 3 heterocycles. The number of ether oxygens (including phenoxy) is 1. The molecular formula is C35H34N6O2S. The van der Waals surface area contributed by atoms with Crippen LogP contribution in [0.3, 0.4) is 0 Å². The quantitative estimate of drug-likeness (QED) is 0.178. The Morgan fingerprint density at radius 3 is 1.91 bits per heavy atom. The lowest BCUT2D eigenvalue weighted by atomic mass is 9.76. The van der Waals surface area contributed by atoms with E-state index in [0.29, 0.717) is 12.4 Å². The Morgan fingerprint density at radius 2 is 1.39 bits per heavy atom. The summed E-state index contributed by atoms with van der Waals surface area (Å²) < 4.78 is 6.80. The van der Waals surface area contributed by atoms with Crippen LogP contribution in [-0.4, -0.2) is 54.3 Å². The summed E-state index contributed by atoms with van der Waals surface area (Å²) in [6.45, 7) is 4.85. The highest BCUT2D eigenvalue weighted by Crippen LogP contribution is 2.57. The van der Waals surface area contributed by atoms with E-state index in [0.717, 1.165) is 28.0 Å². The SMILES string of the molecule is COc1ccc(Cn2nnnc2C2N3C(=O)C(NC(c4ccccc4)(c4ccccc4)c4ccccc4)[C@H]3SC2(C)C)cc1. The molecule has 0 bridgehead atoms. The van der Waals surface area contributed by atoms with Crippen molar-refractivity contribution in [3.05, 3.63) is 143 Å². The van der Waals surface area contributed by atoms with Crippen molar-refractivity contribution in [2.75, 3.05) is 7.11 Å². The van der Waals surface area contributed by atoms with E-state index in [9.17, 15) is 4.79 Å². The number of hydrogen-bond acceptors (Lipinski definition) is 7. The number of benzene rings is 4. The molecule has 44 heavy (non-hydrogen) atoms. The maximum Gasteiger partial charge on any atom is 0.244 e. The maximum atomic E-state index is 14.3. The van der Waals surface area contributed by atoms with Crippen molar-refractivity contribution in [1.82, 2.24) is 30.4 Å². The van der Waals surface area contributed by atoms with E-state index in [-0.39, 0.29) is 22.1 Å². The molecule has 0 saturated carbocycles. The number of thioether (sulfide) groups is 1. The molecule has 2 fully saturated rings. The molecule has 0 radical (unpaired) electrons. The molecule has 1 amide bonds. The molecule has 2 unspecified atom stereocenters. The van der Waals surface area contributed by atoms with Crippen LogP contribution in [0.25, 0.3) is 0 Å². The normalized spacial score (nSPS) is 20.7. The second kappa shape index (κ2) is 11.2. The smallest absolute Gasteiger partial charge is 0.244 e. The van der Waals surface area contributed by atoms with Gasteiger partial charge in [0, 0.05) is 4.75 Å². The fraction of sp³-hybridized carbons (Fsp3) is 0.257. The first-order chi connectivity index (χ1) is 21.4. The van der Waals surface area contributed by atoms with Crippen LogP contribution >= 0.6 is 11.8 Å². The van der Waals surface area contributed by atoms with Gasteiger partial charge in [-0.05, 0) is 58.7 Å². The third-order valence-electron chi connectivity index (χ3n) is 8.73. The largest absolute Gasteiger partial charge is 0.497 e. The van der Waals surface area contributed by atoms with E-state index in [4.69, 9.17) is 4.74 Å². The number of β-lactam (4-membered cyclic amide) rings is 1. The Hall–Kier alpha value is -4.47. The van der Waals surface area contributed by atoms with Gasteiger partial charge in [-0.1, -0.05) is 103 Å². The number of nitrogens with one attached hydrogen (secondary N) is 1. The van der Waals surface area contributed by atoms with Gasteiger partial charge >= 0.3 is 0 Å². The van der Waals surface area contributed by atoms with Crippen molar-refractivity contribution < 1.29 is 9.53 Å². The van der Waals surface area contributed by atoms with Gasteiger partial charge in [-0.15, -0.1) is 16.9 Å². The highest BCUT2D eigenvalue weighted by atomic mass is 32.2. The number of methoxy groups -OCH3 is 1. The average Bonchev–Trinajstić information content (AvgIpc) is 3.61. The van der Waals surface area contributed by atoms with Crippen molar-refractivity contribution in [3.63, 3.8) is 0 Å². The van der Waals surface area contributed by atoms with Gasteiger partial charge in [0.2, 0.25) is 5.91 Å². The molecule has 7 rings (SSSR count). The predicted octanol–water partition coefficient (Wildman–Crippen LogP) is 5.42. The molecule has 8 nitrogen and oxygen atoms in total. The van der Waals surface area contributed by atoms with Crippen LogP contribution in [0.15, 0.2) is 115 Å². The van der Waals surface area contributed by atoms with E-state index in [2.05, 4.69) is 107 Å². The van der Waals surface area contributed by atoms with Crippen molar-refractivity contribution >= 4 is 17.7 Å². The molecule has 0 aliphatic carbocycles. The van der Waals surface area contributed by atoms with Crippen molar-refractivity contribution in [2.24, 2.45) is 0 Å². The van der Waals surface area contributed by atoms with Gasteiger partial charge in [0.25, 0.3) is 0 Å². The molecule has 9 heteroatoms. The lowest BCUT2D eigenvalue weighted by molar-refractivity contribution is -0.150. The number of rotatable bonds is 9. The lowest BCUT2D eigenvalue weighted by Crippen LogP contribution is -2.70. The first-order valence-corrected chi connectivity index (χ1v) is 15.6. The highest BCUT2D eigenvalue weighted by Gasteiger charge is 2.64. The first-order valence-electron chi connectivity index (χ1n) is 14.8. The van der Waals surface area contributed by atoms with Crippen LogP contribution < -0.4 is 10.1 Å². The Kier molecular flexibility index (Phi) is 7.22. The first kappa shape index (κ1) is 28.3. The molecule has 1 N–H and O–H groups in total. The maximum absolute atomic E-state index is 14.3. The number of aromatic nitrogens is 4. The van der Waals surface area contributed by atoms with Crippen LogP contribution in [0.1, 0.15) is 48.0 Å². The molecule has 1 aromatic heterocycles. The summed E-state index contributed by atoms with van der Waals surface area (Å²) in [5.74, 6) is 1.53. The van der Waals surface area contributed by atoms with E-state index in [1.54, 1.807) is 18.9 Å². The van der Waals surface area contributed by atoms with E-state index in [1.807, 2.05) is 52.0 Å². The van der Waals surface area contributed by atoms with Crippen LogP contribution in [0.5, 0.6) is 5.75 Å². The van der Waals surface area contributed by atoms with Gasteiger partial charge in [0.05, 0.1) is 19.2 Å². The molecule has 222 valence electrons. The predicted molar refractivity (Wildman–Crippen MR) is 171 cm³/mol. The van der Waals surface area contributed by atoms with E-state index >= 15 is 0 Å². The Bertz CT molecular complexity index is 1650. The second-order valence-electron chi connectivity index (χ2n) is 11.8. The monoisotopic (exact) mass is 602 g/mol. The summed E-state index contributed by atoms with van der Waals surface area (Å²) >= 11 is 1.80. The number of fused-ring (bicyclic) bond motifs is 1. The number of carbonyl (C=O) groups excluding carboxylic acids is 1. The molecule has 0 spiro atoms. The number of hydrogen-bond donors (Lipinski definition) is 1. The van der Waals surface area contributed by atoms with Gasteiger partial charge < -0.3 is 9.64 Å². The summed E-state index contributed by atoms with van der Waals surface area (Å²) in [6, 6.07) is 38.4. The third kappa shape index (κ3) is 4.67. The van der Waals surface area contributed by atoms with E-state index < -0.39 is 11.6 Å². The van der Waals surface area contributed by atoms with Crippen LogP contribution in [-0.2, 0) is 16.9 Å². The molecule has 5 aromatic rings. The van der Waals surface area contributed by atoms with Crippen molar-refractivity contribution in [2.45, 2.75) is 48.1 Å². The van der Waals surface area contributed by atoms with Gasteiger partial charge in [-0.3, -0.25) is 10.1 Å². The Labute approximate surface area is 261 Å². The number of tetrazole rings is 1. The van der Waals surface area contributed by atoms with Crippen LogP contribution in [0.2, 0.25) is 0 Å². The van der Waals surface area contributed by atoms with Gasteiger partial charge in [-0.25, -0.2) is 4.68 Å². The standard InChI is InChI=1S/C35H34N6O2S/c1-34(2)30(31-37-38-39-40(31)23-24-19-21-28(43-3)22-20-24)41-32(42)29(33(41)44-34)36-35(25-13-7-4-8-14-25,26-15-9-5-10-16-26)27-17-11-6-12-18-27/h4-22,29-30,33,36H,23H2,1-3H3/t29?,30?,33-/m1/s1. The third-order valence-corrected chi connectivity index (χ3v) is 10.3. The topological polar surface area (TPSA) is 85.2 Å². The van der Waals surface area contributed by atoms with E-state index in [1.165, 1.54) is 0 Å². The molecule has 3 atom stereocenters. The van der Waals surface area contributed by atoms with Crippen LogP contribution in [0, 0.1) is 0 Å². The molecular weight excluding hydrogens is 568 g/mol. The minimum Gasteiger partial charge on any atom is -0.497 e. The fourth-order valence-electron chi connectivity index (χ4n) is 6.64. The molecule has 2 saturated heterocycles. The zero-order chi connectivity index (χ0) is 30.3. The summed E-state index contributed by atoms with van der Waals surface area (Å²) in [5, 5.41) is 16.7. The summed E-state index contributed by atoms with van der Waals surface area (Å²) in [4.78, 5) is 16.3. The van der Waals surface area contributed by atoms with Gasteiger partial charge in [0.1, 0.15) is 23.2 Å².